The Balaban J connectivity index is 2.56. The maximum atomic E-state index is 14.2. The van der Waals surface area contributed by atoms with Crippen LogP contribution in [0, 0.1) is 19.7 Å². The van der Waals surface area contributed by atoms with Gasteiger partial charge < -0.3 is 5.32 Å². The molecule has 0 amide bonds. The molecule has 1 nitrogen and oxygen atoms in total. The minimum atomic E-state index is -0.190. The molecule has 0 saturated heterocycles. The Morgan fingerprint density at radius 3 is 2.35 bits per heavy atom. The molecule has 0 aliphatic heterocycles. The summed E-state index contributed by atoms with van der Waals surface area (Å²) in [5.41, 5.74) is 4.14. The number of rotatable bonds is 4. The fourth-order valence-electron chi connectivity index (χ4n) is 2.55. The van der Waals surface area contributed by atoms with Crippen molar-refractivity contribution in [1.82, 2.24) is 5.32 Å². The second-order valence-corrected chi connectivity index (χ2v) is 5.90. The van der Waals surface area contributed by atoms with E-state index < -0.39 is 0 Å². The molecule has 0 radical (unpaired) electrons. The van der Waals surface area contributed by atoms with E-state index in [4.69, 9.17) is 0 Å². The van der Waals surface area contributed by atoms with Gasteiger partial charge in [0.2, 0.25) is 0 Å². The van der Waals surface area contributed by atoms with Crippen LogP contribution in [0.3, 0.4) is 0 Å². The largest absolute Gasteiger partial charge is 0.306 e. The number of nitrogens with one attached hydrogen (secondary N) is 1. The minimum Gasteiger partial charge on any atom is -0.306 e. The normalized spacial score (nSPS) is 12.4. The molecule has 2 aromatic carbocycles. The third-order valence-corrected chi connectivity index (χ3v) is 3.97. The van der Waals surface area contributed by atoms with E-state index in [2.05, 4.69) is 53.3 Å². The summed E-state index contributed by atoms with van der Waals surface area (Å²) < 4.78 is 15.0. The minimum absolute atomic E-state index is 0.144. The molecule has 1 atom stereocenters. The van der Waals surface area contributed by atoms with Crippen molar-refractivity contribution in [3.63, 3.8) is 0 Å². The highest BCUT2D eigenvalue weighted by Crippen LogP contribution is 2.31. The molecule has 20 heavy (non-hydrogen) atoms. The zero-order valence-electron chi connectivity index (χ0n) is 12.0. The molecular weight excluding hydrogens is 317 g/mol. The molecule has 3 heteroatoms. The molecule has 0 fully saturated rings. The SMILES string of the molecule is CCNC(c1cc(C)cc(C)c1)c1c(F)cccc1Br. The molecule has 0 aliphatic rings. The van der Waals surface area contributed by atoms with Crippen molar-refractivity contribution in [3.8, 4) is 0 Å². The van der Waals surface area contributed by atoms with Crippen molar-refractivity contribution in [2.45, 2.75) is 26.8 Å². The van der Waals surface area contributed by atoms with Gasteiger partial charge in [0.1, 0.15) is 5.82 Å². The smallest absolute Gasteiger partial charge is 0.129 e. The Labute approximate surface area is 128 Å². The molecule has 0 aliphatic carbocycles. The Bertz CT molecular complexity index is 569. The highest BCUT2D eigenvalue weighted by molar-refractivity contribution is 9.10. The number of hydrogen-bond donors (Lipinski definition) is 1. The van der Waals surface area contributed by atoms with E-state index in [9.17, 15) is 4.39 Å². The van der Waals surface area contributed by atoms with E-state index >= 15 is 0 Å². The van der Waals surface area contributed by atoms with Crippen LogP contribution in [0.1, 0.15) is 35.2 Å². The van der Waals surface area contributed by atoms with Crippen molar-refractivity contribution in [3.05, 3.63) is 68.9 Å². The molecule has 2 aromatic rings. The molecule has 0 aromatic heterocycles. The zero-order valence-corrected chi connectivity index (χ0v) is 13.6. The van der Waals surface area contributed by atoms with Crippen LogP contribution in [0.25, 0.3) is 0 Å². The molecule has 1 N–H and O–H groups in total. The molecule has 2 rings (SSSR count). The van der Waals surface area contributed by atoms with E-state index in [1.54, 1.807) is 6.07 Å². The molecule has 0 saturated carbocycles. The summed E-state index contributed by atoms with van der Waals surface area (Å²) in [5, 5.41) is 3.38. The topological polar surface area (TPSA) is 12.0 Å². The van der Waals surface area contributed by atoms with Gasteiger partial charge in [0.05, 0.1) is 6.04 Å². The molecule has 0 heterocycles. The second-order valence-electron chi connectivity index (χ2n) is 5.05. The summed E-state index contributed by atoms with van der Waals surface area (Å²) in [6.07, 6.45) is 0. The van der Waals surface area contributed by atoms with Gasteiger partial charge in [-0.1, -0.05) is 58.2 Å². The predicted molar refractivity (Wildman–Crippen MR) is 85.5 cm³/mol. The molecular formula is C17H19BrFN. The molecule has 1 unspecified atom stereocenters. The predicted octanol–water partition coefficient (Wildman–Crippen LogP) is 4.90. The van der Waals surface area contributed by atoms with Gasteiger partial charge in [0.25, 0.3) is 0 Å². The van der Waals surface area contributed by atoms with E-state index in [1.807, 2.05) is 13.0 Å². The van der Waals surface area contributed by atoms with Crippen molar-refractivity contribution >= 4 is 15.9 Å². The molecule has 0 spiro atoms. The second kappa shape index (κ2) is 6.51. The summed E-state index contributed by atoms with van der Waals surface area (Å²) in [6.45, 7) is 6.94. The van der Waals surface area contributed by atoms with Gasteiger partial charge in [-0.3, -0.25) is 0 Å². The first-order chi connectivity index (χ1) is 9.52. The fraction of sp³-hybridized carbons (Fsp3) is 0.294. The molecule has 106 valence electrons. The van der Waals surface area contributed by atoms with Crippen LogP contribution in [0.5, 0.6) is 0 Å². The number of benzene rings is 2. The van der Waals surface area contributed by atoms with Gasteiger partial charge in [0.15, 0.2) is 0 Å². The van der Waals surface area contributed by atoms with Crippen molar-refractivity contribution in [1.29, 1.82) is 0 Å². The van der Waals surface area contributed by atoms with Crippen LogP contribution in [0.2, 0.25) is 0 Å². The fourth-order valence-corrected chi connectivity index (χ4v) is 3.12. The lowest BCUT2D eigenvalue weighted by molar-refractivity contribution is 0.556. The van der Waals surface area contributed by atoms with Gasteiger partial charge in [-0.05, 0) is 38.1 Å². The Kier molecular flexibility index (Phi) is 4.95. The van der Waals surface area contributed by atoms with Crippen LogP contribution >= 0.6 is 15.9 Å². The maximum Gasteiger partial charge on any atom is 0.129 e. The summed E-state index contributed by atoms with van der Waals surface area (Å²) in [4.78, 5) is 0. The van der Waals surface area contributed by atoms with Gasteiger partial charge in [-0.15, -0.1) is 0 Å². The standard InChI is InChI=1S/C17H19BrFN/c1-4-20-17(13-9-11(2)8-12(3)10-13)16-14(18)6-5-7-15(16)19/h5-10,17,20H,4H2,1-3H3. The average Bonchev–Trinajstić information content (AvgIpc) is 2.36. The first-order valence-corrected chi connectivity index (χ1v) is 7.57. The lowest BCUT2D eigenvalue weighted by Crippen LogP contribution is -2.23. The summed E-state index contributed by atoms with van der Waals surface area (Å²) in [5.74, 6) is -0.190. The van der Waals surface area contributed by atoms with E-state index in [0.29, 0.717) is 5.56 Å². The van der Waals surface area contributed by atoms with Gasteiger partial charge in [-0.2, -0.15) is 0 Å². The monoisotopic (exact) mass is 335 g/mol. The van der Waals surface area contributed by atoms with E-state index in [0.717, 1.165) is 16.6 Å². The summed E-state index contributed by atoms with van der Waals surface area (Å²) in [6, 6.07) is 11.3. The first kappa shape index (κ1) is 15.2. The molecule has 0 bridgehead atoms. The van der Waals surface area contributed by atoms with E-state index in [-0.39, 0.29) is 11.9 Å². The Morgan fingerprint density at radius 1 is 1.15 bits per heavy atom. The number of aryl methyl sites for hydroxylation is 2. The van der Waals surface area contributed by atoms with E-state index in [1.165, 1.54) is 17.2 Å². The first-order valence-electron chi connectivity index (χ1n) is 6.78. The van der Waals surface area contributed by atoms with Crippen LogP contribution in [0.15, 0.2) is 40.9 Å². The highest BCUT2D eigenvalue weighted by Gasteiger charge is 2.20. The van der Waals surface area contributed by atoms with Crippen LogP contribution in [0.4, 0.5) is 4.39 Å². The van der Waals surface area contributed by atoms with Crippen LogP contribution in [-0.2, 0) is 0 Å². The van der Waals surface area contributed by atoms with Crippen molar-refractivity contribution in [2.24, 2.45) is 0 Å². The van der Waals surface area contributed by atoms with Gasteiger partial charge in [0, 0.05) is 10.0 Å². The number of halogens is 2. The summed E-state index contributed by atoms with van der Waals surface area (Å²) in [7, 11) is 0. The Hall–Kier alpha value is -1.19. The van der Waals surface area contributed by atoms with Crippen molar-refractivity contribution in [2.75, 3.05) is 6.54 Å². The Morgan fingerprint density at radius 2 is 1.80 bits per heavy atom. The third kappa shape index (κ3) is 3.28. The van der Waals surface area contributed by atoms with Gasteiger partial charge >= 0.3 is 0 Å². The van der Waals surface area contributed by atoms with Crippen LogP contribution < -0.4 is 5.32 Å². The third-order valence-electron chi connectivity index (χ3n) is 3.27. The van der Waals surface area contributed by atoms with Crippen molar-refractivity contribution < 1.29 is 4.39 Å². The highest BCUT2D eigenvalue weighted by atomic mass is 79.9. The lowest BCUT2D eigenvalue weighted by Gasteiger charge is -2.22. The average molecular weight is 336 g/mol. The van der Waals surface area contributed by atoms with Gasteiger partial charge in [-0.25, -0.2) is 4.39 Å². The maximum absolute atomic E-state index is 14.2. The lowest BCUT2D eigenvalue weighted by atomic mass is 9.95. The van der Waals surface area contributed by atoms with Crippen LogP contribution in [-0.4, -0.2) is 6.54 Å². The zero-order chi connectivity index (χ0) is 14.7. The quantitative estimate of drug-likeness (QED) is 0.837. The number of hydrogen-bond acceptors (Lipinski definition) is 1. The summed E-state index contributed by atoms with van der Waals surface area (Å²) >= 11 is 3.47.